The monoisotopic (exact) mass is 472 g/mol. The van der Waals surface area contributed by atoms with Crippen LogP contribution < -0.4 is 0 Å². The third-order valence-corrected chi connectivity index (χ3v) is 6.31. The van der Waals surface area contributed by atoms with Crippen LogP contribution in [0.1, 0.15) is 85.4 Å². The standard InChI is InChI=1S/C31H36O4/c1-7-12-20-18-26(31(4,5)6)25(17-19(2)3)28(22-14-9-11-16-24(22)30(34)35)27(20)21-13-8-10-15-23(21)29(32)33/h8-11,13-16,18-19H,7,12,17H2,1-6H3,(H,32,33)(H,34,35). The summed E-state index contributed by atoms with van der Waals surface area (Å²) in [6.45, 7) is 13.0. The molecule has 3 rings (SSSR count). The van der Waals surface area contributed by atoms with Crippen molar-refractivity contribution in [2.24, 2.45) is 5.92 Å². The molecule has 0 amide bonds. The van der Waals surface area contributed by atoms with Crippen molar-refractivity contribution in [2.75, 3.05) is 0 Å². The van der Waals surface area contributed by atoms with E-state index in [0.717, 1.165) is 41.5 Å². The van der Waals surface area contributed by atoms with E-state index in [4.69, 9.17) is 0 Å². The van der Waals surface area contributed by atoms with Crippen molar-refractivity contribution in [3.8, 4) is 22.3 Å². The number of aryl methyl sites for hydroxylation is 1. The molecule has 0 aliphatic rings. The molecule has 0 aliphatic heterocycles. The highest BCUT2D eigenvalue weighted by Gasteiger charge is 2.29. The van der Waals surface area contributed by atoms with Crippen LogP contribution in [0.25, 0.3) is 22.3 Å². The first-order chi connectivity index (χ1) is 16.5. The SMILES string of the molecule is CCCc1cc(C(C)(C)C)c(CC(C)C)c(-c2ccccc2C(=O)O)c1-c1ccccc1C(=O)O. The summed E-state index contributed by atoms with van der Waals surface area (Å²) in [4.78, 5) is 24.6. The van der Waals surface area contributed by atoms with Crippen molar-refractivity contribution in [3.05, 3.63) is 82.4 Å². The minimum absolute atomic E-state index is 0.176. The van der Waals surface area contributed by atoms with Gasteiger partial charge in [0.05, 0.1) is 11.1 Å². The van der Waals surface area contributed by atoms with E-state index in [1.165, 1.54) is 5.56 Å². The molecule has 0 radical (unpaired) electrons. The Bertz CT molecular complexity index is 1250. The molecule has 0 unspecified atom stereocenters. The van der Waals surface area contributed by atoms with Crippen molar-refractivity contribution < 1.29 is 19.8 Å². The fourth-order valence-corrected chi connectivity index (χ4v) is 4.92. The quantitative estimate of drug-likeness (QED) is 0.350. The zero-order valence-corrected chi connectivity index (χ0v) is 21.6. The lowest BCUT2D eigenvalue weighted by molar-refractivity contribution is 0.0686. The van der Waals surface area contributed by atoms with E-state index in [0.29, 0.717) is 17.0 Å². The summed E-state index contributed by atoms with van der Waals surface area (Å²) in [5.41, 5.74) is 6.54. The van der Waals surface area contributed by atoms with Crippen molar-refractivity contribution in [1.29, 1.82) is 0 Å². The summed E-state index contributed by atoms with van der Waals surface area (Å²) in [6.07, 6.45) is 2.40. The average Bonchev–Trinajstić information content (AvgIpc) is 2.78. The van der Waals surface area contributed by atoms with Crippen LogP contribution in [-0.2, 0) is 18.3 Å². The van der Waals surface area contributed by atoms with Crippen LogP contribution in [0.2, 0.25) is 0 Å². The lowest BCUT2D eigenvalue weighted by Crippen LogP contribution is -2.19. The maximum atomic E-state index is 12.3. The molecule has 4 heteroatoms. The van der Waals surface area contributed by atoms with Gasteiger partial charge in [0.1, 0.15) is 0 Å². The van der Waals surface area contributed by atoms with Gasteiger partial charge in [-0.1, -0.05) is 90.4 Å². The Kier molecular flexibility index (Phi) is 7.84. The molecule has 0 atom stereocenters. The fourth-order valence-electron chi connectivity index (χ4n) is 4.92. The molecule has 0 saturated heterocycles. The molecule has 0 aliphatic carbocycles. The molecule has 35 heavy (non-hydrogen) atoms. The zero-order chi connectivity index (χ0) is 25.9. The average molecular weight is 473 g/mol. The predicted molar refractivity (Wildman–Crippen MR) is 142 cm³/mol. The second-order valence-corrected chi connectivity index (χ2v) is 10.6. The van der Waals surface area contributed by atoms with E-state index in [-0.39, 0.29) is 16.5 Å². The first-order valence-corrected chi connectivity index (χ1v) is 12.3. The fraction of sp³-hybridized carbons (Fsp3) is 0.355. The van der Waals surface area contributed by atoms with Gasteiger partial charge in [-0.25, -0.2) is 9.59 Å². The zero-order valence-electron chi connectivity index (χ0n) is 21.6. The van der Waals surface area contributed by atoms with Crippen LogP contribution in [0.15, 0.2) is 54.6 Å². The Morgan fingerprint density at radius 2 is 1.31 bits per heavy atom. The molecule has 4 nitrogen and oxygen atoms in total. The maximum absolute atomic E-state index is 12.3. The largest absolute Gasteiger partial charge is 0.478 e. The minimum atomic E-state index is -0.995. The predicted octanol–water partition coefficient (Wildman–Crippen LogP) is 7.87. The Labute approximate surface area is 208 Å². The van der Waals surface area contributed by atoms with Crippen molar-refractivity contribution in [3.63, 3.8) is 0 Å². The molecule has 0 fully saturated rings. The van der Waals surface area contributed by atoms with Gasteiger partial charge in [0.25, 0.3) is 0 Å². The minimum Gasteiger partial charge on any atom is -0.478 e. The van der Waals surface area contributed by atoms with Gasteiger partial charge < -0.3 is 10.2 Å². The molecule has 3 aromatic carbocycles. The molecule has 0 saturated carbocycles. The van der Waals surface area contributed by atoms with Gasteiger partial charge in [0, 0.05) is 0 Å². The second-order valence-electron chi connectivity index (χ2n) is 10.6. The Morgan fingerprint density at radius 1 is 0.829 bits per heavy atom. The first kappa shape index (κ1) is 26.2. The van der Waals surface area contributed by atoms with Crippen LogP contribution in [0.5, 0.6) is 0 Å². The van der Waals surface area contributed by atoms with E-state index in [1.54, 1.807) is 24.3 Å². The van der Waals surface area contributed by atoms with Gasteiger partial charge in [-0.05, 0) is 75.3 Å². The topological polar surface area (TPSA) is 74.6 Å². The highest BCUT2D eigenvalue weighted by Crippen LogP contribution is 2.45. The molecule has 0 spiro atoms. The highest BCUT2D eigenvalue weighted by atomic mass is 16.4. The summed E-state index contributed by atoms with van der Waals surface area (Å²) in [7, 11) is 0. The molecule has 2 N–H and O–H groups in total. The number of carboxylic acid groups (broad SMARTS) is 2. The smallest absolute Gasteiger partial charge is 0.336 e. The number of hydrogen-bond donors (Lipinski definition) is 2. The van der Waals surface area contributed by atoms with E-state index in [1.807, 2.05) is 24.3 Å². The van der Waals surface area contributed by atoms with Crippen LogP contribution in [0.3, 0.4) is 0 Å². The lowest BCUT2D eigenvalue weighted by Gasteiger charge is -2.31. The summed E-state index contributed by atoms with van der Waals surface area (Å²) in [5, 5.41) is 20.2. The molecular formula is C31H36O4. The summed E-state index contributed by atoms with van der Waals surface area (Å²) < 4.78 is 0. The Balaban J connectivity index is 2.66. The number of benzene rings is 3. The number of carboxylic acids is 2. The third-order valence-electron chi connectivity index (χ3n) is 6.31. The van der Waals surface area contributed by atoms with Crippen LogP contribution in [-0.4, -0.2) is 22.2 Å². The van der Waals surface area contributed by atoms with E-state index in [2.05, 4.69) is 47.6 Å². The van der Waals surface area contributed by atoms with Gasteiger partial charge in [-0.3, -0.25) is 0 Å². The van der Waals surface area contributed by atoms with Crippen molar-refractivity contribution >= 4 is 11.9 Å². The Hall–Kier alpha value is -3.40. The molecule has 0 bridgehead atoms. The molecule has 184 valence electrons. The first-order valence-electron chi connectivity index (χ1n) is 12.3. The van der Waals surface area contributed by atoms with Gasteiger partial charge in [-0.2, -0.15) is 0 Å². The van der Waals surface area contributed by atoms with Crippen LogP contribution in [0.4, 0.5) is 0 Å². The third kappa shape index (κ3) is 5.48. The second kappa shape index (κ2) is 10.5. The van der Waals surface area contributed by atoms with E-state index >= 15 is 0 Å². The molecule has 0 heterocycles. The van der Waals surface area contributed by atoms with E-state index in [9.17, 15) is 19.8 Å². The Morgan fingerprint density at radius 3 is 1.74 bits per heavy atom. The summed E-state index contributed by atoms with van der Waals surface area (Å²) in [6, 6.07) is 16.4. The van der Waals surface area contributed by atoms with Crippen molar-refractivity contribution in [2.45, 2.75) is 66.2 Å². The molecule has 3 aromatic rings. The number of carbonyl (C=O) groups is 2. The molecular weight excluding hydrogens is 436 g/mol. The van der Waals surface area contributed by atoms with Gasteiger partial charge in [-0.15, -0.1) is 0 Å². The number of hydrogen-bond acceptors (Lipinski definition) is 2. The summed E-state index contributed by atoms with van der Waals surface area (Å²) in [5.74, 6) is -1.66. The van der Waals surface area contributed by atoms with Crippen LogP contribution >= 0.6 is 0 Å². The van der Waals surface area contributed by atoms with Gasteiger partial charge in [0.2, 0.25) is 0 Å². The maximum Gasteiger partial charge on any atom is 0.336 e. The van der Waals surface area contributed by atoms with Crippen LogP contribution in [0, 0.1) is 5.92 Å². The van der Waals surface area contributed by atoms with Gasteiger partial charge >= 0.3 is 11.9 Å². The number of aromatic carboxylic acids is 2. The normalized spacial score (nSPS) is 11.6. The number of rotatable bonds is 8. The highest BCUT2D eigenvalue weighted by molar-refractivity contribution is 6.04. The lowest BCUT2D eigenvalue weighted by atomic mass is 9.73. The molecule has 0 aromatic heterocycles. The van der Waals surface area contributed by atoms with E-state index < -0.39 is 11.9 Å². The van der Waals surface area contributed by atoms with Gasteiger partial charge in [0.15, 0.2) is 0 Å². The van der Waals surface area contributed by atoms with Crippen molar-refractivity contribution in [1.82, 2.24) is 0 Å². The summed E-state index contributed by atoms with van der Waals surface area (Å²) >= 11 is 0.